The minimum absolute atomic E-state index is 0.0517. The second kappa shape index (κ2) is 3.94. The molecule has 1 saturated carbocycles. The van der Waals surface area contributed by atoms with E-state index in [0.717, 1.165) is 28.1 Å². The third-order valence-electron chi connectivity index (χ3n) is 3.87. The van der Waals surface area contributed by atoms with E-state index in [1.54, 1.807) is 11.3 Å². The van der Waals surface area contributed by atoms with E-state index in [1.165, 1.54) is 11.4 Å². The monoisotopic (exact) mass is 266 g/mol. The molecule has 1 aliphatic carbocycles. The number of halogens is 1. The molecule has 2 aromatic rings. The van der Waals surface area contributed by atoms with Crippen LogP contribution in [0.3, 0.4) is 0 Å². The topological polar surface area (TPSA) is 38.9 Å². The number of hydrogen-bond donors (Lipinski definition) is 1. The molecule has 0 amide bonds. The van der Waals surface area contributed by atoms with Gasteiger partial charge in [0, 0.05) is 16.5 Å². The first-order valence-corrected chi connectivity index (χ1v) is 7.11. The van der Waals surface area contributed by atoms with Gasteiger partial charge < -0.3 is 5.73 Å². The fraction of sp³-hybridized carbons (Fsp3) is 0.462. The zero-order valence-electron chi connectivity index (χ0n) is 9.74. The van der Waals surface area contributed by atoms with E-state index in [9.17, 15) is 0 Å². The summed E-state index contributed by atoms with van der Waals surface area (Å²) in [6, 6.07) is 6.10. The van der Waals surface area contributed by atoms with Gasteiger partial charge in [-0.15, -0.1) is 11.3 Å². The summed E-state index contributed by atoms with van der Waals surface area (Å²) in [6.07, 6.45) is 3.45. The molecule has 0 radical (unpaired) electrons. The normalized spacial score (nSPS) is 29.0. The van der Waals surface area contributed by atoms with Crippen LogP contribution in [0.4, 0.5) is 0 Å². The van der Waals surface area contributed by atoms with Crippen LogP contribution in [0.2, 0.25) is 5.02 Å². The summed E-state index contributed by atoms with van der Waals surface area (Å²) in [6.45, 7) is 2.24. The van der Waals surface area contributed by atoms with E-state index in [1.807, 2.05) is 18.2 Å². The van der Waals surface area contributed by atoms with Gasteiger partial charge in [0.15, 0.2) is 0 Å². The Balaban J connectivity index is 2.12. The van der Waals surface area contributed by atoms with Crippen molar-refractivity contribution in [2.45, 2.75) is 37.6 Å². The SMILES string of the molecule is CC1(c2nc3ccc(Cl)cc3s2)CCCC1N. The number of fused-ring (bicyclic) bond motifs is 1. The zero-order valence-corrected chi connectivity index (χ0v) is 11.3. The predicted octanol–water partition coefficient (Wildman–Crippen LogP) is 3.72. The summed E-state index contributed by atoms with van der Waals surface area (Å²) in [7, 11) is 0. The highest BCUT2D eigenvalue weighted by atomic mass is 35.5. The molecule has 4 heteroatoms. The largest absolute Gasteiger partial charge is 0.327 e. The molecule has 0 saturated heterocycles. The van der Waals surface area contributed by atoms with Crippen molar-refractivity contribution in [1.82, 2.24) is 4.98 Å². The van der Waals surface area contributed by atoms with Crippen molar-refractivity contribution in [3.8, 4) is 0 Å². The number of aromatic nitrogens is 1. The first-order chi connectivity index (χ1) is 8.09. The first-order valence-electron chi connectivity index (χ1n) is 5.92. The van der Waals surface area contributed by atoms with Crippen LogP contribution in [-0.2, 0) is 5.41 Å². The van der Waals surface area contributed by atoms with E-state index in [4.69, 9.17) is 22.3 Å². The van der Waals surface area contributed by atoms with Gasteiger partial charge in [-0.1, -0.05) is 24.9 Å². The first kappa shape index (κ1) is 11.5. The van der Waals surface area contributed by atoms with Crippen molar-refractivity contribution in [2.75, 3.05) is 0 Å². The van der Waals surface area contributed by atoms with Gasteiger partial charge in [-0.3, -0.25) is 0 Å². The molecule has 90 valence electrons. The van der Waals surface area contributed by atoms with Gasteiger partial charge >= 0.3 is 0 Å². The van der Waals surface area contributed by atoms with Crippen LogP contribution >= 0.6 is 22.9 Å². The molecule has 2 atom stereocenters. The van der Waals surface area contributed by atoms with Crippen LogP contribution in [0, 0.1) is 0 Å². The van der Waals surface area contributed by atoms with Crippen molar-refractivity contribution in [3.05, 3.63) is 28.2 Å². The van der Waals surface area contributed by atoms with Gasteiger partial charge in [0.05, 0.1) is 10.2 Å². The van der Waals surface area contributed by atoms with Gasteiger partial charge in [-0.2, -0.15) is 0 Å². The Labute approximate surface area is 110 Å². The maximum Gasteiger partial charge on any atom is 0.101 e. The molecular weight excluding hydrogens is 252 g/mol. The highest BCUT2D eigenvalue weighted by Crippen LogP contribution is 2.43. The highest BCUT2D eigenvalue weighted by Gasteiger charge is 2.40. The van der Waals surface area contributed by atoms with E-state index in [2.05, 4.69) is 6.92 Å². The maximum absolute atomic E-state index is 6.24. The lowest BCUT2D eigenvalue weighted by Crippen LogP contribution is -2.38. The smallest absolute Gasteiger partial charge is 0.101 e. The van der Waals surface area contributed by atoms with Crippen LogP contribution in [0.15, 0.2) is 18.2 Å². The third kappa shape index (κ3) is 1.77. The predicted molar refractivity (Wildman–Crippen MR) is 73.8 cm³/mol. The molecular formula is C13H15ClN2S. The number of thiazole rings is 1. The van der Waals surface area contributed by atoms with E-state index >= 15 is 0 Å². The molecule has 2 N–H and O–H groups in total. The van der Waals surface area contributed by atoms with Crippen LogP contribution in [-0.4, -0.2) is 11.0 Å². The van der Waals surface area contributed by atoms with E-state index in [0.29, 0.717) is 0 Å². The van der Waals surface area contributed by atoms with Crippen molar-refractivity contribution < 1.29 is 0 Å². The van der Waals surface area contributed by atoms with E-state index in [-0.39, 0.29) is 11.5 Å². The maximum atomic E-state index is 6.24. The fourth-order valence-electron chi connectivity index (χ4n) is 2.60. The molecule has 2 nitrogen and oxygen atoms in total. The Hall–Kier alpha value is -0.640. The molecule has 0 bridgehead atoms. The lowest BCUT2D eigenvalue weighted by molar-refractivity contribution is 0.428. The molecule has 3 rings (SSSR count). The summed E-state index contributed by atoms with van der Waals surface area (Å²) < 4.78 is 1.16. The summed E-state index contributed by atoms with van der Waals surface area (Å²) in [5.74, 6) is 0. The number of rotatable bonds is 1. The third-order valence-corrected chi connectivity index (χ3v) is 5.40. The molecule has 0 aliphatic heterocycles. The quantitative estimate of drug-likeness (QED) is 0.854. The summed E-state index contributed by atoms with van der Waals surface area (Å²) in [5, 5.41) is 1.94. The second-order valence-corrected chi connectivity index (χ2v) is 6.51. The number of hydrogen-bond acceptors (Lipinski definition) is 3. The second-order valence-electron chi connectivity index (χ2n) is 5.05. The van der Waals surface area contributed by atoms with E-state index < -0.39 is 0 Å². The van der Waals surface area contributed by atoms with Crippen LogP contribution in [0.5, 0.6) is 0 Å². The van der Waals surface area contributed by atoms with Crippen molar-refractivity contribution >= 4 is 33.2 Å². The number of nitrogens with two attached hydrogens (primary N) is 1. The van der Waals surface area contributed by atoms with Crippen LogP contribution in [0.1, 0.15) is 31.2 Å². The lowest BCUT2D eigenvalue weighted by Gasteiger charge is -2.26. The molecule has 17 heavy (non-hydrogen) atoms. The van der Waals surface area contributed by atoms with Crippen LogP contribution < -0.4 is 5.73 Å². The summed E-state index contributed by atoms with van der Waals surface area (Å²) in [4.78, 5) is 4.74. The van der Waals surface area contributed by atoms with Crippen LogP contribution in [0.25, 0.3) is 10.2 Å². The van der Waals surface area contributed by atoms with Gasteiger partial charge in [0.2, 0.25) is 0 Å². The zero-order chi connectivity index (χ0) is 12.0. The van der Waals surface area contributed by atoms with Gasteiger partial charge in [0.25, 0.3) is 0 Å². The number of nitrogens with zero attached hydrogens (tertiary/aromatic N) is 1. The fourth-order valence-corrected chi connectivity index (χ4v) is 4.08. The molecule has 1 heterocycles. The molecule has 2 unspecified atom stereocenters. The Bertz CT molecular complexity index is 566. The average molecular weight is 267 g/mol. The average Bonchev–Trinajstić information content (AvgIpc) is 2.84. The Morgan fingerprint density at radius 2 is 2.35 bits per heavy atom. The van der Waals surface area contributed by atoms with Crippen molar-refractivity contribution in [1.29, 1.82) is 0 Å². The van der Waals surface area contributed by atoms with Gasteiger partial charge in [0.1, 0.15) is 5.01 Å². The van der Waals surface area contributed by atoms with Gasteiger partial charge in [-0.05, 0) is 31.0 Å². The Morgan fingerprint density at radius 1 is 1.53 bits per heavy atom. The molecule has 0 spiro atoms. The molecule has 1 fully saturated rings. The van der Waals surface area contributed by atoms with Crippen molar-refractivity contribution in [3.63, 3.8) is 0 Å². The molecule has 1 aromatic heterocycles. The molecule has 1 aromatic carbocycles. The number of benzene rings is 1. The van der Waals surface area contributed by atoms with Gasteiger partial charge in [-0.25, -0.2) is 4.98 Å². The van der Waals surface area contributed by atoms with Crippen molar-refractivity contribution in [2.24, 2.45) is 5.73 Å². The molecule has 1 aliphatic rings. The Kier molecular flexibility index (Phi) is 2.65. The lowest BCUT2D eigenvalue weighted by atomic mass is 9.86. The standard InChI is InChI=1S/C13H15ClN2S/c1-13(6-2-3-11(13)15)12-16-9-5-4-8(14)7-10(9)17-12/h4-5,7,11H,2-3,6,15H2,1H3. The Morgan fingerprint density at radius 3 is 3.06 bits per heavy atom. The summed E-state index contributed by atoms with van der Waals surface area (Å²) in [5.41, 5.74) is 7.33. The minimum atomic E-state index is 0.0517. The summed E-state index contributed by atoms with van der Waals surface area (Å²) >= 11 is 7.74. The minimum Gasteiger partial charge on any atom is -0.327 e. The highest BCUT2D eigenvalue weighted by molar-refractivity contribution is 7.18.